The van der Waals surface area contributed by atoms with E-state index in [1.807, 2.05) is 0 Å². The number of nitrogens with one attached hydrogen (secondary N) is 1. The number of hydrogen-bond acceptors (Lipinski definition) is 2. The van der Waals surface area contributed by atoms with Crippen molar-refractivity contribution in [3.63, 3.8) is 0 Å². The zero-order chi connectivity index (χ0) is 11.1. The molecule has 3 heteroatoms. The number of imide groups is 1. The predicted octanol–water partition coefficient (Wildman–Crippen LogP) is 1.87. The molecule has 0 aromatic heterocycles. The third-order valence-corrected chi connectivity index (χ3v) is 4.46. The molecular formula is C12H19NO2. The van der Waals surface area contributed by atoms with Crippen LogP contribution < -0.4 is 5.32 Å². The molecule has 2 fully saturated rings. The van der Waals surface area contributed by atoms with Crippen LogP contribution in [0.15, 0.2) is 0 Å². The van der Waals surface area contributed by atoms with Gasteiger partial charge in [0.1, 0.15) is 0 Å². The highest BCUT2D eigenvalue weighted by Crippen LogP contribution is 2.49. The second-order valence-corrected chi connectivity index (χ2v) is 5.35. The van der Waals surface area contributed by atoms with Crippen molar-refractivity contribution in [3.05, 3.63) is 0 Å². The zero-order valence-electron chi connectivity index (χ0n) is 9.51. The normalized spacial score (nSPS) is 35.3. The average Bonchev–Trinajstić information content (AvgIpc) is 2.12. The van der Waals surface area contributed by atoms with E-state index in [-0.39, 0.29) is 17.2 Å². The van der Waals surface area contributed by atoms with Crippen molar-refractivity contribution in [1.82, 2.24) is 5.32 Å². The minimum absolute atomic E-state index is 0.0307. The lowest BCUT2D eigenvalue weighted by Gasteiger charge is -2.47. The Morgan fingerprint density at radius 3 is 2.40 bits per heavy atom. The van der Waals surface area contributed by atoms with E-state index in [1.165, 1.54) is 6.42 Å². The highest BCUT2D eigenvalue weighted by molar-refractivity contribution is 5.98. The van der Waals surface area contributed by atoms with Crippen LogP contribution in [0.2, 0.25) is 0 Å². The van der Waals surface area contributed by atoms with E-state index in [1.54, 1.807) is 0 Å². The molecule has 3 nitrogen and oxygen atoms in total. The van der Waals surface area contributed by atoms with Crippen LogP contribution in [0.3, 0.4) is 0 Å². The monoisotopic (exact) mass is 209 g/mol. The smallest absolute Gasteiger partial charge is 0.227 e. The SMILES string of the molecule is CC1CCCC2(CC(=O)NC(=O)C2)C1C. The summed E-state index contributed by atoms with van der Waals surface area (Å²) in [5.74, 6) is 0.970. The van der Waals surface area contributed by atoms with E-state index in [0.717, 1.165) is 12.8 Å². The molecular weight excluding hydrogens is 190 g/mol. The van der Waals surface area contributed by atoms with Gasteiger partial charge in [0.2, 0.25) is 11.8 Å². The Morgan fingerprint density at radius 1 is 1.20 bits per heavy atom. The quantitative estimate of drug-likeness (QED) is 0.619. The van der Waals surface area contributed by atoms with E-state index >= 15 is 0 Å². The minimum atomic E-state index is -0.0767. The standard InChI is InChI=1S/C12H19NO2/c1-8-4-3-5-12(9(8)2)6-10(14)13-11(15)7-12/h8-9H,3-7H2,1-2H3,(H,13,14,15). The van der Waals surface area contributed by atoms with Gasteiger partial charge in [0.25, 0.3) is 0 Å². The lowest BCUT2D eigenvalue weighted by molar-refractivity contribution is -0.142. The molecule has 1 aliphatic carbocycles. The fraction of sp³-hybridized carbons (Fsp3) is 0.833. The van der Waals surface area contributed by atoms with Crippen molar-refractivity contribution in [2.24, 2.45) is 17.3 Å². The molecule has 0 aromatic rings. The van der Waals surface area contributed by atoms with Crippen LogP contribution >= 0.6 is 0 Å². The zero-order valence-corrected chi connectivity index (χ0v) is 9.51. The Hall–Kier alpha value is -0.860. The van der Waals surface area contributed by atoms with Crippen molar-refractivity contribution in [2.75, 3.05) is 0 Å². The van der Waals surface area contributed by atoms with Crippen molar-refractivity contribution in [2.45, 2.75) is 46.0 Å². The van der Waals surface area contributed by atoms with Crippen molar-refractivity contribution in [1.29, 1.82) is 0 Å². The molecule has 2 atom stereocenters. The van der Waals surface area contributed by atoms with Gasteiger partial charge in [-0.05, 0) is 23.7 Å². The van der Waals surface area contributed by atoms with Crippen LogP contribution in [0.1, 0.15) is 46.0 Å². The lowest BCUT2D eigenvalue weighted by atomic mass is 9.58. The van der Waals surface area contributed by atoms with Crippen LogP contribution in [0.5, 0.6) is 0 Å². The van der Waals surface area contributed by atoms with Crippen LogP contribution in [0, 0.1) is 17.3 Å². The maximum absolute atomic E-state index is 11.5. The van der Waals surface area contributed by atoms with E-state index < -0.39 is 0 Å². The molecule has 2 rings (SSSR count). The Kier molecular flexibility index (Phi) is 2.57. The summed E-state index contributed by atoms with van der Waals surface area (Å²) in [5.41, 5.74) is -0.0307. The molecule has 1 heterocycles. The first-order chi connectivity index (χ1) is 7.03. The molecule has 0 aromatic carbocycles. The van der Waals surface area contributed by atoms with Crippen molar-refractivity contribution in [3.8, 4) is 0 Å². The Morgan fingerprint density at radius 2 is 1.80 bits per heavy atom. The Bertz CT molecular complexity index is 282. The van der Waals surface area contributed by atoms with Crippen LogP contribution in [-0.4, -0.2) is 11.8 Å². The summed E-state index contributed by atoms with van der Waals surface area (Å²) < 4.78 is 0. The number of carbonyl (C=O) groups is 2. The largest absolute Gasteiger partial charge is 0.296 e. The van der Waals surface area contributed by atoms with Crippen LogP contribution in [0.25, 0.3) is 0 Å². The first-order valence-corrected chi connectivity index (χ1v) is 5.86. The molecule has 84 valence electrons. The number of piperidine rings is 1. The maximum Gasteiger partial charge on any atom is 0.227 e. The lowest BCUT2D eigenvalue weighted by Crippen LogP contribution is -2.50. The average molecular weight is 209 g/mol. The Balaban J connectivity index is 2.23. The van der Waals surface area contributed by atoms with Crippen molar-refractivity contribution >= 4 is 11.8 Å². The minimum Gasteiger partial charge on any atom is -0.296 e. The third kappa shape index (κ3) is 1.80. The molecule has 0 radical (unpaired) electrons. The number of carbonyl (C=O) groups excluding carboxylic acids is 2. The molecule has 1 spiro atoms. The predicted molar refractivity (Wildman–Crippen MR) is 57.0 cm³/mol. The first-order valence-electron chi connectivity index (χ1n) is 5.86. The molecule has 0 bridgehead atoms. The summed E-state index contributed by atoms with van der Waals surface area (Å²) in [7, 11) is 0. The van der Waals surface area contributed by atoms with Crippen LogP contribution in [0.4, 0.5) is 0 Å². The molecule has 1 N–H and O–H groups in total. The van der Waals surface area contributed by atoms with Gasteiger partial charge in [0.05, 0.1) is 0 Å². The fourth-order valence-electron chi connectivity index (χ4n) is 3.30. The molecule has 2 aliphatic rings. The number of rotatable bonds is 0. The van der Waals surface area contributed by atoms with Crippen LogP contribution in [-0.2, 0) is 9.59 Å². The summed E-state index contributed by atoms with van der Waals surface area (Å²) in [6, 6.07) is 0. The topological polar surface area (TPSA) is 46.2 Å². The van der Waals surface area contributed by atoms with Gasteiger partial charge >= 0.3 is 0 Å². The second-order valence-electron chi connectivity index (χ2n) is 5.35. The van der Waals surface area contributed by atoms with E-state index in [2.05, 4.69) is 19.2 Å². The van der Waals surface area contributed by atoms with Gasteiger partial charge in [-0.2, -0.15) is 0 Å². The van der Waals surface area contributed by atoms with Gasteiger partial charge < -0.3 is 0 Å². The molecule has 1 saturated carbocycles. The summed E-state index contributed by atoms with van der Waals surface area (Å²) in [6.45, 7) is 4.44. The van der Waals surface area contributed by atoms with Gasteiger partial charge in [-0.25, -0.2) is 0 Å². The summed E-state index contributed by atoms with van der Waals surface area (Å²) >= 11 is 0. The van der Waals surface area contributed by atoms with Crippen molar-refractivity contribution < 1.29 is 9.59 Å². The van der Waals surface area contributed by atoms with Gasteiger partial charge in [0, 0.05) is 12.8 Å². The molecule has 1 saturated heterocycles. The fourth-order valence-corrected chi connectivity index (χ4v) is 3.30. The molecule has 2 amide bonds. The summed E-state index contributed by atoms with van der Waals surface area (Å²) in [5, 5.41) is 2.41. The second kappa shape index (κ2) is 3.62. The van der Waals surface area contributed by atoms with E-state index in [4.69, 9.17) is 0 Å². The maximum atomic E-state index is 11.5. The van der Waals surface area contributed by atoms with E-state index in [0.29, 0.717) is 24.7 Å². The number of hydrogen-bond donors (Lipinski definition) is 1. The highest BCUT2D eigenvalue weighted by Gasteiger charge is 2.46. The van der Waals surface area contributed by atoms with Gasteiger partial charge in [-0.3, -0.25) is 14.9 Å². The van der Waals surface area contributed by atoms with Gasteiger partial charge in [-0.1, -0.05) is 26.7 Å². The summed E-state index contributed by atoms with van der Waals surface area (Å²) in [6.07, 6.45) is 4.52. The van der Waals surface area contributed by atoms with Gasteiger partial charge in [0.15, 0.2) is 0 Å². The first kappa shape index (κ1) is 10.7. The molecule has 2 unspecified atom stereocenters. The number of amides is 2. The summed E-state index contributed by atoms with van der Waals surface area (Å²) in [4.78, 5) is 22.9. The van der Waals surface area contributed by atoms with Gasteiger partial charge in [-0.15, -0.1) is 0 Å². The Labute approximate surface area is 90.6 Å². The van der Waals surface area contributed by atoms with E-state index in [9.17, 15) is 9.59 Å². The molecule has 1 aliphatic heterocycles. The molecule has 15 heavy (non-hydrogen) atoms. The third-order valence-electron chi connectivity index (χ3n) is 4.46. The highest BCUT2D eigenvalue weighted by atomic mass is 16.2.